The van der Waals surface area contributed by atoms with Crippen molar-refractivity contribution in [2.24, 2.45) is 0 Å². The summed E-state index contributed by atoms with van der Waals surface area (Å²) in [7, 11) is -3.23. The van der Waals surface area contributed by atoms with E-state index in [1.54, 1.807) is 0 Å². The Morgan fingerprint density at radius 3 is 1.27 bits per heavy atom. The van der Waals surface area contributed by atoms with Crippen molar-refractivity contribution in [1.29, 1.82) is 0 Å². The van der Waals surface area contributed by atoms with Crippen molar-refractivity contribution < 1.29 is 8.83 Å². The highest BCUT2D eigenvalue weighted by Crippen LogP contribution is 2.63. The fourth-order valence-electron chi connectivity index (χ4n) is 12.7. The van der Waals surface area contributed by atoms with Gasteiger partial charge < -0.3 is 18.6 Å². The lowest BCUT2D eigenvalue weighted by Crippen LogP contribution is -2.37. The summed E-state index contributed by atoms with van der Waals surface area (Å²) in [4.78, 5) is 5.02. The molecule has 0 saturated heterocycles. The zero-order valence-corrected chi connectivity index (χ0v) is 50.9. The van der Waals surface area contributed by atoms with Gasteiger partial charge in [0, 0.05) is 55.6 Å². The second-order valence-corrected chi connectivity index (χ2v) is 36.6. The summed E-state index contributed by atoms with van der Waals surface area (Å²) in [5.41, 5.74) is 19.3. The molecule has 0 fully saturated rings. The molecule has 2 heterocycles. The fraction of sp³-hybridized carbons (Fsp3) is 0.260. The number of benzene rings is 9. The molecule has 4 nitrogen and oxygen atoms in total. The molecule has 1 aliphatic rings. The average molecular weight is 1070 g/mol. The molecule has 0 saturated carbocycles. The molecule has 2 aromatic heterocycles. The van der Waals surface area contributed by atoms with E-state index in [1.165, 1.54) is 32.6 Å². The monoisotopic (exact) mass is 1070 g/mol. The number of rotatable bonds is 11. The van der Waals surface area contributed by atoms with Crippen molar-refractivity contribution in [1.82, 2.24) is 0 Å². The first-order valence-electron chi connectivity index (χ1n) is 28.7. The normalized spacial score (nSPS) is 13.6. The maximum Gasteiger partial charge on any atom is 0.145 e. The predicted molar refractivity (Wildman–Crippen MR) is 346 cm³/mol. The molecule has 0 N–H and O–H groups in total. The van der Waals surface area contributed by atoms with Gasteiger partial charge in [-0.3, -0.25) is 0 Å². The van der Waals surface area contributed by atoms with E-state index in [-0.39, 0.29) is 10.8 Å². The summed E-state index contributed by atoms with van der Waals surface area (Å²) < 4.78 is 15.2. The average Bonchev–Trinajstić information content (AvgIpc) is 4.20. The summed E-state index contributed by atoms with van der Waals surface area (Å²) in [6, 6.07) is 68.7. The summed E-state index contributed by atoms with van der Waals surface area (Å²) >= 11 is 0. The number of hydrogen-bond donors (Lipinski definition) is 0. The quantitative estimate of drug-likeness (QED) is 0.121. The minimum Gasteiger partial charge on any atom is -0.455 e. The lowest BCUT2D eigenvalue weighted by Gasteiger charge is -2.33. The van der Waals surface area contributed by atoms with Gasteiger partial charge in [0.1, 0.15) is 22.3 Å². The number of nitrogens with zero attached hydrogens (tertiary/aromatic N) is 2. The highest BCUT2D eigenvalue weighted by Gasteiger charge is 2.47. The first-order chi connectivity index (χ1) is 37.6. The Bertz CT molecular complexity index is 3980. The maximum absolute atomic E-state index is 7.76. The summed E-state index contributed by atoms with van der Waals surface area (Å²) in [6.07, 6.45) is 1.73. The van der Waals surface area contributed by atoms with E-state index in [9.17, 15) is 0 Å². The Balaban J connectivity index is 1.22. The molecule has 9 aromatic carbocycles. The van der Waals surface area contributed by atoms with E-state index < -0.39 is 21.6 Å². The minimum absolute atomic E-state index is 0.00314. The highest BCUT2D eigenvalue weighted by atomic mass is 28.3. The van der Waals surface area contributed by atoms with Crippen LogP contribution in [0, 0.1) is 0 Å². The van der Waals surface area contributed by atoms with Gasteiger partial charge in [-0.05, 0) is 118 Å². The Kier molecular flexibility index (Phi) is 12.5. The maximum atomic E-state index is 7.76. The molecule has 0 unspecified atom stereocenters. The zero-order chi connectivity index (χ0) is 55.6. The molecular formula is C73H76N2O2Si2. The topological polar surface area (TPSA) is 32.8 Å². The Morgan fingerprint density at radius 1 is 0.418 bits per heavy atom. The molecule has 398 valence electrons. The van der Waals surface area contributed by atoms with Gasteiger partial charge in [0.15, 0.2) is 0 Å². The van der Waals surface area contributed by atoms with Gasteiger partial charge >= 0.3 is 0 Å². The van der Waals surface area contributed by atoms with Gasteiger partial charge in [-0.15, -0.1) is 0 Å². The Morgan fingerprint density at radius 2 is 0.823 bits per heavy atom. The van der Waals surface area contributed by atoms with E-state index in [0.717, 1.165) is 113 Å². The lowest BCUT2D eigenvalue weighted by molar-refractivity contribution is 0.490. The SMILES string of the molecule is CCC1(CC)c2cc(N(c3ccc(C(C)(C)C)cc3)c3ccc([Si](C)(C)C)cc3)c3c(oc4ccccc43)c2-c2c1cc(N(c1ccc(C(C)(C)C)cc1)c1ccc([Si](C)(C)C)cc1)c1c2oc2c(-c3ccccc3)cccc21. The van der Waals surface area contributed by atoms with Crippen LogP contribution in [0.1, 0.15) is 90.5 Å². The van der Waals surface area contributed by atoms with E-state index in [4.69, 9.17) is 8.83 Å². The smallest absolute Gasteiger partial charge is 0.145 e. The van der Waals surface area contributed by atoms with Crippen LogP contribution in [-0.4, -0.2) is 16.1 Å². The first-order valence-corrected chi connectivity index (χ1v) is 35.7. The molecule has 0 bridgehead atoms. The van der Waals surface area contributed by atoms with Crippen LogP contribution in [0.25, 0.3) is 66.1 Å². The van der Waals surface area contributed by atoms with Crippen molar-refractivity contribution in [2.45, 2.75) is 124 Å². The molecule has 0 radical (unpaired) electrons. The lowest BCUT2D eigenvalue weighted by atomic mass is 9.73. The Labute approximate surface area is 470 Å². The van der Waals surface area contributed by atoms with E-state index >= 15 is 0 Å². The van der Waals surface area contributed by atoms with Gasteiger partial charge in [0.05, 0.1) is 38.3 Å². The number of furan rings is 2. The van der Waals surface area contributed by atoms with E-state index in [2.05, 4.69) is 286 Å². The van der Waals surface area contributed by atoms with E-state index in [1.807, 2.05) is 0 Å². The van der Waals surface area contributed by atoms with Crippen LogP contribution < -0.4 is 20.2 Å². The molecule has 0 aliphatic heterocycles. The van der Waals surface area contributed by atoms with Crippen LogP contribution in [0.4, 0.5) is 34.1 Å². The third kappa shape index (κ3) is 8.69. The Hall–Kier alpha value is -7.39. The standard InChI is InChI=1S/C73H76N2O2Si2/c1-15-73(16-2)59-45-61(74(50-33-29-48(30-34-50)71(3,4)5)52-37-41-54(42-38-52)78(9,10)11)64-57-25-20-21-28-63(57)76-69(64)66(59)67-60(73)46-62(65-58-27-22-26-56(68(58)77-70(65)67)47-23-18-17-19-24-47)75(51-35-31-49(32-36-51)72(6,7)8)53-39-43-55(44-40-53)79(12,13)14/h17-46H,15-16H2,1-14H3. The van der Waals surface area contributed by atoms with Crippen molar-refractivity contribution in [3.8, 4) is 22.3 Å². The summed E-state index contributed by atoms with van der Waals surface area (Å²) in [6.45, 7) is 33.1. The van der Waals surface area contributed by atoms with Gasteiger partial charge in [-0.1, -0.05) is 220 Å². The molecule has 1 aliphatic carbocycles. The first kappa shape index (κ1) is 52.3. The van der Waals surface area contributed by atoms with Crippen molar-refractivity contribution >= 4 is 105 Å². The van der Waals surface area contributed by atoms with Crippen molar-refractivity contribution in [2.75, 3.05) is 9.80 Å². The largest absolute Gasteiger partial charge is 0.455 e. The number of para-hydroxylation sites is 2. The molecule has 0 spiro atoms. The zero-order valence-electron chi connectivity index (χ0n) is 48.9. The fourth-order valence-corrected chi connectivity index (χ4v) is 15.1. The molecule has 0 atom stereocenters. The number of fused-ring (bicyclic) bond motifs is 11. The molecule has 11 aromatic rings. The van der Waals surface area contributed by atoms with Crippen molar-refractivity contribution in [3.63, 3.8) is 0 Å². The number of hydrogen-bond acceptors (Lipinski definition) is 4. The predicted octanol–water partition coefficient (Wildman–Crippen LogP) is 20.9. The van der Waals surface area contributed by atoms with Gasteiger partial charge in [0.2, 0.25) is 0 Å². The molecule has 6 heteroatoms. The summed E-state index contributed by atoms with van der Waals surface area (Å²) in [5, 5.41) is 7.23. The van der Waals surface area contributed by atoms with Gasteiger partial charge in [0.25, 0.3) is 0 Å². The highest BCUT2D eigenvalue weighted by molar-refractivity contribution is 6.89. The van der Waals surface area contributed by atoms with E-state index in [0.29, 0.717) is 0 Å². The van der Waals surface area contributed by atoms with Crippen LogP contribution in [-0.2, 0) is 16.2 Å². The molecule has 12 rings (SSSR count). The molecular weight excluding hydrogens is 993 g/mol. The van der Waals surface area contributed by atoms with Crippen LogP contribution in [0.2, 0.25) is 39.3 Å². The number of anilines is 6. The molecule has 0 amide bonds. The van der Waals surface area contributed by atoms with Crippen LogP contribution in [0.3, 0.4) is 0 Å². The second kappa shape index (κ2) is 18.9. The van der Waals surface area contributed by atoms with Crippen LogP contribution >= 0.6 is 0 Å². The van der Waals surface area contributed by atoms with Gasteiger partial charge in [-0.25, -0.2) is 0 Å². The summed E-state index contributed by atoms with van der Waals surface area (Å²) in [5.74, 6) is 0. The van der Waals surface area contributed by atoms with Gasteiger partial charge in [-0.2, -0.15) is 0 Å². The third-order valence-corrected chi connectivity index (χ3v) is 21.5. The second-order valence-electron chi connectivity index (χ2n) is 26.4. The van der Waals surface area contributed by atoms with Crippen LogP contribution in [0.15, 0.2) is 191 Å². The van der Waals surface area contributed by atoms with Crippen LogP contribution in [0.5, 0.6) is 0 Å². The van der Waals surface area contributed by atoms with Crippen molar-refractivity contribution in [3.05, 3.63) is 204 Å². The minimum atomic E-state index is -1.62. The third-order valence-electron chi connectivity index (χ3n) is 17.4. The molecule has 79 heavy (non-hydrogen) atoms.